The van der Waals surface area contributed by atoms with Crippen molar-refractivity contribution in [3.05, 3.63) is 89.0 Å². The number of methoxy groups -OCH3 is 2. The number of carbonyl (C=O) groups excluding carboxylic acids is 3. The third-order valence-electron chi connectivity index (χ3n) is 5.63. The predicted octanol–water partition coefficient (Wildman–Crippen LogP) is 3.79. The van der Waals surface area contributed by atoms with Gasteiger partial charge in [-0.2, -0.15) is 0 Å². The Morgan fingerprint density at radius 3 is 1.71 bits per heavy atom. The number of aryl methyl sites for hydroxylation is 2. The largest absolute Gasteiger partial charge is 0.497 e. The number of carboxylic acids is 1. The van der Waals surface area contributed by atoms with E-state index in [-0.39, 0.29) is 11.1 Å². The highest BCUT2D eigenvalue weighted by Gasteiger charge is 2.41. The number of carbonyl (C=O) groups is 4. The minimum absolute atomic E-state index is 0.00316. The molecule has 1 amide bonds. The molecule has 3 aromatic rings. The third-order valence-corrected chi connectivity index (χ3v) is 5.63. The lowest BCUT2D eigenvalue weighted by atomic mass is 10.1. The van der Waals surface area contributed by atoms with E-state index < -0.39 is 36.0 Å². The molecule has 0 spiro atoms. The minimum atomic E-state index is -2.17. The molecule has 0 aromatic heterocycles. The zero-order chi connectivity index (χ0) is 27.8. The first-order valence-electron chi connectivity index (χ1n) is 11.4. The predicted molar refractivity (Wildman–Crippen MR) is 137 cm³/mol. The highest BCUT2D eigenvalue weighted by atomic mass is 16.6. The molecule has 3 rings (SSSR count). The van der Waals surface area contributed by atoms with Crippen LogP contribution in [0.5, 0.6) is 11.5 Å². The maximum absolute atomic E-state index is 13.3. The SMILES string of the molecule is COc1cccc(C(=O)O[C@H](C(=O)O)[C@H](OC(=O)c2cccc(OC)c2)C(=O)Nc2ccc(C)c(C)c2)c1. The Labute approximate surface area is 219 Å². The highest BCUT2D eigenvalue weighted by Crippen LogP contribution is 2.20. The Kier molecular flexibility index (Phi) is 9.04. The molecule has 0 aliphatic rings. The van der Waals surface area contributed by atoms with E-state index in [1.807, 2.05) is 13.8 Å². The van der Waals surface area contributed by atoms with E-state index in [9.17, 15) is 24.3 Å². The summed E-state index contributed by atoms with van der Waals surface area (Å²) in [6, 6.07) is 16.8. The topological polar surface area (TPSA) is 137 Å². The van der Waals surface area contributed by atoms with Crippen LogP contribution in [0.3, 0.4) is 0 Å². The number of nitrogens with one attached hydrogen (secondary N) is 1. The fourth-order valence-electron chi connectivity index (χ4n) is 3.39. The summed E-state index contributed by atoms with van der Waals surface area (Å²) in [6.45, 7) is 3.72. The monoisotopic (exact) mass is 521 g/mol. The van der Waals surface area contributed by atoms with Gasteiger partial charge in [-0.25, -0.2) is 14.4 Å². The van der Waals surface area contributed by atoms with Gasteiger partial charge in [-0.05, 0) is 73.5 Å². The maximum Gasteiger partial charge on any atom is 0.349 e. The average molecular weight is 522 g/mol. The number of anilines is 1. The Morgan fingerprint density at radius 1 is 0.711 bits per heavy atom. The van der Waals surface area contributed by atoms with Gasteiger partial charge in [0.1, 0.15) is 11.5 Å². The van der Waals surface area contributed by atoms with Crippen molar-refractivity contribution in [1.82, 2.24) is 0 Å². The molecule has 38 heavy (non-hydrogen) atoms. The number of esters is 2. The van der Waals surface area contributed by atoms with Crippen LogP contribution in [0.15, 0.2) is 66.7 Å². The van der Waals surface area contributed by atoms with Gasteiger partial charge in [-0.3, -0.25) is 4.79 Å². The van der Waals surface area contributed by atoms with Gasteiger partial charge < -0.3 is 29.4 Å². The quantitative estimate of drug-likeness (QED) is 0.382. The van der Waals surface area contributed by atoms with Gasteiger partial charge in [0.2, 0.25) is 12.2 Å². The van der Waals surface area contributed by atoms with Crippen LogP contribution in [0.2, 0.25) is 0 Å². The van der Waals surface area contributed by atoms with Crippen molar-refractivity contribution in [1.29, 1.82) is 0 Å². The smallest absolute Gasteiger partial charge is 0.349 e. The van der Waals surface area contributed by atoms with Crippen molar-refractivity contribution >= 4 is 29.5 Å². The standard InChI is InChI=1S/C28H27NO9/c1-16-11-12-20(13-17(16)2)29-25(30)23(37-27(33)18-7-5-9-21(14-18)35-3)24(26(31)32)38-28(34)19-8-6-10-22(15-19)36-4/h5-15,23-24H,1-4H3,(H,29,30)(H,31,32)/t23-,24-/m0/s1. The van der Waals surface area contributed by atoms with Crippen LogP contribution in [-0.4, -0.2) is 55.3 Å². The molecule has 0 heterocycles. The molecular formula is C28H27NO9. The summed E-state index contributed by atoms with van der Waals surface area (Å²) < 4.78 is 20.7. The van der Waals surface area contributed by atoms with E-state index >= 15 is 0 Å². The molecular weight excluding hydrogens is 494 g/mol. The normalized spacial score (nSPS) is 12.0. The number of benzene rings is 3. The Balaban J connectivity index is 1.94. The van der Waals surface area contributed by atoms with Crippen LogP contribution in [0.1, 0.15) is 31.8 Å². The average Bonchev–Trinajstić information content (AvgIpc) is 2.92. The first-order chi connectivity index (χ1) is 18.1. The Hall–Kier alpha value is -4.86. The van der Waals surface area contributed by atoms with Crippen molar-refractivity contribution < 1.29 is 43.2 Å². The summed E-state index contributed by atoms with van der Waals surface area (Å²) in [4.78, 5) is 51.2. The molecule has 2 N–H and O–H groups in total. The van der Waals surface area contributed by atoms with Crippen molar-refractivity contribution in [3.63, 3.8) is 0 Å². The van der Waals surface area contributed by atoms with Crippen LogP contribution in [-0.2, 0) is 19.1 Å². The molecule has 0 aliphatic heterocycles. The molecule has 10 nitrogen and oxygen atoms in total. The number of ether oxygens (including phenoxy) is 4. The fourth-order valence-corrected chi connectivity index (χ4v) is 3.39. The lowest BCUT2D eigenvalue weighted by Crippen LogP contribution is -2.48. The molecule has 0 saturated heterocycles. The van der Waals surface area contributed by atoms with E-state index in [1.54, 1.807) is 30.3 Å². The second-order valence-electron chi connectivity index (χ2n) is 8.24. The van der Waals surface area contributed by atoms with Crippen LogP contribution in [0, 0.1) is 13.8 Å². The number of hydrogen-bond acceptors (Lipinski definition) is 8. The van der Waals surface area contributed by atoms with Gasteiger partial charge in [0.05, 0.1) is 25.3 Å². The summed E-state index contributed by atoms with van der Waals surface area (Å²) in [7, 11) is 2.80. The van der Waals surface area contributed by atoms with Crippen LogP contribution in [0.25, 0.3) is 0 Å². The zero-order valence-corrected chi connectivity index (χ0v) is 21.2. The second kappa shape index (κ2) is 12.4. The number of hydrogen-bond donors (Lipinski definition) is 2. The number of rotatable bonds is 10. The number of carboxylic acid groups (broad SMARTS) is 1. The molecule has 2 atom stereocenters. The van der Waals surface area contributed by atoms with Crippen LogP contribution in [0.4, 0.5) is 5.69 Å². The minimum Gasteiger partial charge on any atom is -0.497 e. The van der Waals surface area contributed by atoms with E-state index in [4.69, 9.17) is 18.9 Å². The van der Waals surface area contributed by atoms with E-state index in [2.05, 4.69) is 5.32 Å². The maximum atomic E-state index is 13.3. The van der Waals surface area contributed by atoms with Gasteiger partial charge in [0, 0.05) is 5.69 Å². The molecule has 3 aromatic carbocycles. The van der Waals surface area contributed by atoms with E-state index in [0.717, 1.165) is 11.1 Å². The Morgan fingerprint density at radius 2 is 1.24 bits per heavy atom. The molecule has 0 unspecified atom stereocenters. The van der Waals surface area contributed by atoms with Crippen LogP contribution < -0.4 is 14.8 Å². The van der Waals surface area contributed by atoms with Crippen molar-refractivity contribution in [2.45, 2.75) is 26.1 Å². The van der Waals surface area contributed by atoms with E-state index in [0.29, 0.717) is 17.2 Å². The van der Waals surface area contributed by atoms with Crippen LogP contribution >= 0.6 is 0 Å². The molecule has 0 saturated carbocycles. The lowest BCUT2D eigenvalue weighted by molar-refractivity contribution is -0.157. The first-order valence-corrected chi connectivity index (χ1v) is 11.4. The molecule has 10 heteroatoms. The van der Waals surface area contributed by atoms with Crippen molar-refractivity contribution in [2.75, 3.05) is 19.5 Å². The number of aliphatic carboxylic acids is 1. The zero-order valence-electron chi connectivity index (χ0n) is 21.2. The van der Waals surface area contributed by atoms with Gasteiger partial charge in [0.15, 0.2) is 0 Å². The summed E-state index contributed by atoms with van der Waals surface area (Å²) in [6.07, 6.45) is -4.21. The summed E-state index contributed by atoms with van der Waals surface area (Å²) >= 11 is 0. The first kappa shape index (κ1) is 27.7. The molecule has 198 valence electrons. The van der Waals surface area contributed by atoms with E-state index in [1.165, 1.54) is 50.6 Å². The number of amides is 1. The molecule has 0 radical (unpaired) electrons. The highest BCUT2D eigenvalue weighted by molar-refractivity contribution is 6.01. The Bertz CT molecular complexity index is 1350. The van der Waals surface area contributed by atoms with Crippen molar-refractivity contribution in [3.8, 4) is 11.5 Å². The van der Waals surface area contributed by atoms with Gasteiger partial charge in [-0.15, -0.1) is 0 Å². The lowest BCUT2D eigenvalue weighted by Gasteiger charge is -2.24. The van der Waals surface area contributed by atoms with Gasteiger partial charge in [-0.1, -0.05) is 18.2 Å². The third kappa shape index (κ3) is 6.88. The molecule has 0 bridgehead atoms. The second-order valence-corrected chi connectivity index (χ2v) is 8.24. The van der Waals surface area contributed by atoms with Gasteiger partial charge in [0.25, 0.3) is 5.91 Å². The van der Waals surface area contributed by atoms with Crippen molar-refractivity contribution in [2.24, 2.45) is 0 Å². The fraction of sp³-hybridized carbons (Fsp3) is 0.214. The summed E-state index contributed by atoms with van der Waals surface area (Å²) in [5.41, 5.74) is 2.15. The van der Waals surface area contributed by atoms with Gasteiger partial charge >= 0.3 is 17.9 Å². The molecule has 0 fully saturated rings. The summed E-state index contributed by atoms with van der Waals surface area (Å²) in [5.74, 6) is -4.10. The summed E-state index contributed by atoms with van der Waals surface area (Å²) in [5, 5.41) is 12.4. The molecule has 0 aliphatic carbocycles.